The van der Waals surface area contributed by atoms with Crippen LogP contribution >= 0.6 is 0 Å². The highest BCUT2D eigenvalue weighted by Crippen LogP contribution is 2.12. The Morgan fingerprint density at radius 1 is 1.31 bits per heavy atom. The number of hydrogen-bond donors (Lipinski definition) is 1. The van der Waals surface area contributed by atoms with E-state index in [2.05, 4.69) is 12.2 Å². The fraction of sp³-hybridized carbons (Fsp3) is 1.00. The Kier molecular flexibility index (Phi) is 7.76. The molecule has 1 fully saturated rings. The Balaban J connectivity index is 1.86. The largest absolute Gasteiger partial charge is 0.382 e. The molecule has 1 aliphatic rings. The second-order valence-corrected chi connectivity index (χ2v) is 4.32. The van der Waals surface area contributed by atoms with E-state index in [1.54, 1.807) is 7.11 Å². The number of ether oxygens (including phenoxy) is 3. The number of methoxy groups -OCH3 is 1. The van der Waals surface area contributed by atoms with E-state index in [0.29, 0.717) is 25.4 Å². The quantitative estimate of drug-likeness (QED) is 0.637. The molecule has 0 radical (unpaired) electrons. The molecule has 1 aliphatic heterocycles. The zero-order valence-corrected chi connectivity index (χ0v) is 10.5. The van der Waals surface area contributed by atoms with Crippen molar-refractivity contribution in [2.45, 2.75) is 38.3 Å². The minimum atomic E-state index is 0.407. The molecule has 16 heavy (non-hydrogen) atoms. The number of hydrogen-bond acceptors (Lipinski definition) is 4. The summed E-state index contributed by atoms with van der Waals surface area (Å²) in [4.78, 5) is 0. The van der Waals surface area contributed by atoms with Crippen LogP contribution in [-0.2, 0) is 14.2 Å². The zero-order chi connectivity index (χ0) is 11.6. The van der Waals surface area contributed by atoms with Crippen molar-refractivity contribution in [1.82, 2.24) is 5.32 Å². The summed E-state index contributed by atoms with van der Waals surface area (Å²) >= 11 is 0. The lowest BCUT2D eigenvalue weighted by molar-refractivity contribution is 0.0127. The molecule has 1 N–H and O–H groups in total. The van der Waals surface area contributed by atoms with Crippen LogP contribution in [0.15, 0.2) is 0 Å². The molecule has 1 saturated heterocycles. The fourth-order valence-corrected chi connectivity index (χ4v) is 1.91. The predicted molar refractivity (Wildman–Crippen MR) is 63.8 cm³/mol. The first-order valence-corrected chi connectivity index (χ1v) is 6.24. The van der Waals surface area contributed by atoms with Crippen LogP contribution in [0.4, 0.5) is 0 Å². The summed E-state index contributed by atoms with van der Waals surface area (Å²) in [6, 6.07) is 0.628. The number of rotatable bonds is 8. The van der Waals surface area contributed by atoms with Gasteiger partial charge in [0.1, 0.15) is 0 Å². The smallest absolute Gasteiger partial charge is 0.0700 e. The molecule has 0 aromatic heterocycles. The highest BCUT2D eigenvalue weighted by Gasteiger charge is 2.17. The van der Waals surface area contributed by atoms with Crippen molar-refractivity contribution < 1.29 is 14.2 Å². The lowest BCUT2D eigenvalue weighted by Crippen LogP contribution is -2.38. The van der Waals surface area contributed by atoms with Gasteiger partial charge in [0.05, 0.1) is 19.3 Å². The van der Waals surface area contributed by atoms with Crippen molar-refractivity contribution in [2.24, 2.45) is 0 Å². The monoisotopic (exact) mass is 231 g/mol. The molecule has 1 rings (SSSR count). The summed E-state index contributed by atoms with van der Waals surface area (Å²) in [5.41, 5.74) is 0. The standard InChI is InChI=1S/C12H25NO3/c1-11-10-12(4-7-16-11)13-5-3-6-15-9-8-14-2/h11-13H,3-10H2,1-2H3. The Bertz CT molecular complexity index is 166. The maximum absolute atomic E-state index is 5.50. The van der Waals surface area contributed by atoms with E-state index < -0.39 is 0 Å². The molecule has 2 atom stereocenters. The van der Waals surface area contributed by atoms with Crippen LogP contribution in [0, 0.1) is 0 Å². The topological polar surface area (TPSA) is 39.7 Å². The van der Waals surface area contributed by atoms with E-state index >= 15 is 0 Å². The second-order valence-electron chi connectivity index (χ2n) is 4.32. The maximum Gasteiger partial charge on any atom is 0.0700 e. The highest BCUT2D eigenvalue weighted by molar-refractivity contribution is 4.74. The number of nitrogens with one attached hydrogen (secondary N) is 1. The lowest BCUT2D eigenvalue weighted by atomic mass is 10.0. The van der Waals surface area contributed by atoms with Gasteiger partial charge in [0.2, 0.25) is 0 Å². The van der Waals surface area contributed by atoms with Crippen LogP contribution in [-0.4, -0.2) is 52.2 Å². The molecule has 0 bridgehead atoms. The highest BCUT2D eigenvalue weighted by atomic mass is 16.5. The van der Waals surface area contributed by atoms with Gasteiger partial charge in [-0.05, 0) is 32.7 Å². The molecule has 1 heterocycles. The summed E-state index contributed by atoms with van der Waals surface area (Å²) < 4.78 is 15.8. The third kappa shape index (κ3) is 6.43. The average Bonchev–Trinajstić information content (AvgIpc) is 2.28. The Labute approximate surface area is 98.6 Å². The Morgan fingerprint density at radius 3 is 2.94 bits per heavy atom. The maximum atomic E-state index is 5.50. The normalized spacial score (nSPS) is 25.9. The van der Waals surface area contributed by atoms with Gasteiger partial charge in [-0.3, -0.25) is 0 Å². The molecule has 96 valence electrons. The first-order chi connectivity index (χ1) is 7.83. The van der Waals surface area contributed by atoms with Gasteiger partial charge in [-0.25, -0.2) is 0 Å². The summed E-state index contributed by atoms with van der Waals surface area (Å²) in [5, 5.41) is 3.55. The fourth-order valence-electron chi connectivity index (χ4n) is 1.91. The van der Waals surface area contributed by atoms with Crippen LogP contribution < -0.4 is 5.32 Å². The second kappa shape index (κ2) is 8.93. The van der Waals surface area contributed by atoms with Gasteiger partial charge in [0.15, 0.2) is 0 Å². The Morgan fingerprint density at radius 2 is 2.19 bits per heavy atom. The van der Waals surface area contributed by atoms with Crippen LogP contribution in [0.25, 0.3) is 0 Å². The van der Waals surface area contributed by atoms with Gasteiger partial charge in [0.25, 0.3) is 0 Å². The van der Waals surface area contributed by atoms with E-state index in [9.17, 15) is 0 Å². The molecular formula is C12H25NO3. The minimum Gasteiger partial charge on any atom is -0.382 e. The van der Waals surface area contributed by atoms with Gasteiger partial charge in [-0.1, -0.05) is 0 Å². The molecule has 0 aromatic rings. The average molecular weight is 231 g/mol. The summed E-state index contributed by atoms with van der Waals surface area (Å²) in [5.74, 6) is 0. The Hall–Kier alpha value is -0.160. The van der Waals surface area contributed by atoms with Gasteiger partial charge >= 0.3 is 0 Å². The molecule has 0 amide bonds. The van der Waals surface area contributed by atoms with Crippen LogP contribution in [0.1, 0.15) is 26.2 Å². The zero-order valence-electron chi connectivity index (χ0n) is 10.5. The van der Waals surface area contributed by atoms with Crippen LogP contribution in [0.5, 0.6) is 0 Å². The molecule has 4 heteroatoms. The summed E-state index contributed by atoms with van der Waals surface area (Å²) in [6.45, 7) is 6.26. The van der Waals surface area contributed by atoms with E-state index in [1.165, 1.54) is 0 Å². The third-order valence-corrected chi connectivity index (χ3v) is 2.82. The lowest BCUT2D eigenvalue weighted by Gasteiger charge is -2.28. The molecule has 0 saturated carbocycles. The molecular weight excluding hydrogens is 206 g/mol. The van der Waals surface area contributed by atoms with Gasteiger partial charge < -0.3 is 19.5 Å². The molecule has 0 aromatic carbocycles. The first kappa shape index (κ1) is 13.9. The van der Waals surface area contributed by atoms with E-state index in [0.717, 1.165) is 39.0 Å². The molecule has 0 aliphatic carbocycles. The van der Waals surface area contributed by atoms with E-state index in [1.807, 2.05) is 0 Å². The van der Waals surface area contributed by atoms with Crippen molar-refractivity contribution in [3.05, 3.63) is 0 Å². The molecule has 0 spiro atoms. The molecule has 2 unspecified atom stereocenters. The van der Waals surface area contributed by atoms with Crippen LogP contribution in [0.3, 0.4) is 0 Å². The van der Waals surface area contributed by atoms with Crippen molar-refractivity contribution >= 4 is 0 Å². The van der Waals surface area contributed by atoms with Crippen molar-refractivity contribution in [2.75, 3.05) is 40.1 Å². The molecule has 4 nitrogen and oxygen atoms in total. The van der Waals surface area contributed by atoms with E-state index in [-0.39, 0.29) is 0 Å². The van der Waals surface area contributed by atoms with Crippen molar-refractivity contribution in [3.8, 4) is 0 Å². The minimum absolute atomic E-state index is 0.407. The third-order valence-electron chi connectivity index (χ3n) is 2.82. The van der Waals surface area contributed by atoms with Gasteiger partial charge in [-0.15, -0.1) is 0 Å². The van der Waals surface area contributed by atoms with Gasteiger partial charge in [-0.2, -0.15) is 0 Å². The van der Waals surface area contributed by atoms with Crippen molar-refractivity contribution in [1.29, 1.82) is 0 Å². The SMILES string of the molecule is COCCOCCCNC1CCOC(C)C1. The van der Waals surface area contributed by atoms with E-state index in [4.69, 9.17) is 14.2 Å². The summed E-state index contributed by atoms with van der Waals surface area (Å²) in [6.07, 6.45) is 3.73. The predicted octanol–water partition coefficient (Wildman–Crippen LogP) is 1.20. The van der Waals surface area contributed by atoms with Gasteiger partial charge in [0, 0.05) is 26.4 Å². The summed E-state index contributed by atoms with van der Waals surface area (Å²) in [7, 11) is 1.69. The van der Waals surface area contributed by atoms with Crippen molar-refractivity contribution in [3.63, 3.8) is 0 Å². The van der Waals surface area contributed by atoms with Crippen LogP contribution in [0.2, 0.25) is 0 Å². The first-order valence-electron chi connectivity index (χ1n) is 6.24.